The molecule has 0 aromatic carbocycles. The predicted octanol–water partition coefficient (Wildman–Crippen LogP) is 1.82. The lowest BCUT2D eigenvalue weighted by atomic mass is 10.2. The number of thiazole rings is 1. The molecule has 0 N–H and O–H groups in total. The largest absolute Gasteiger partial charge is 0.336 e. The fourth-order valence-corrected chi connectivity index (χ4v) is 4.79. The van der Waals surface area contributed by atoms with Crippen molar-refractivity contribution in [2.75, 3.05) is 26.7 Å². The molecule has 1 fully saturated rings. The molecule has 2 aliphatic heterocycles. The van der Waals surface area contributed by atoms with Gasteiger partial charge in [0.2, 0.25) is 0 Å². The van der Waals surface area contributed by atoms with Gasteiger partial charge in [0, 0.05) is 26.1 Å². The molecule has 0 radical (unpaired) electrons. The molecule has 1 amide bonds. The predicted molar refractivity (Wildman–Crippen MR) is 95.8 cm³/mol. The number of hydrogen-bond donors (Lipinski definition) is 0. The van der Waals surface area contributed by atoms with Crippen molar-refractivity contribution in [3.63, 3.8) is 0 Å². The Morgan fingerprint density at radius 3 is 2.68 bits per heavy atom. The monoisotopic (exact) mass is 360 g/mol. The summed E-state index contributed by atoms with van der Waals surface area (Å²) in [5, 5.41) is 9.84. The van der Waals surface area contributed by atoms with Crippen molar-refractivity contribution in [2.24, 2.45) is 0 Å². The minimum atomic E-state index is 0.0985. The lowest BCUT2D eigenvalue weighted by Crippen LogP contribution is -2.34. The van der Waals surface area contributed by atoms with Crippen molar-refractivity contribution in [1.82, 2.24) is 29.5 Å². The number of likely N-dealkylation sites (tertiary alicyclic amines) is 1. The molecule has 0 spiro atoms. The van der Waals surface area contributed by atoms with Gasteiger partial charge in [-0.25, -0.2) is 4.98 Å². The zero-order chi connectivity index (χ0) is 17.6. The first-order chi connectivity index (χ1) is 12.0. The molecule has 0 saturated carbocycles. The SMILES string of the molecule is Cc1nc(C)c(C(=O)N2CCc3nnc([C@H]4CCCN4C)n3CC2)s1. The number of nitrogens with zero attached hydrogens (tertiary/aromatic N) is 6. The van der Waals surface area contributed by atoms with Crippen molar-refractivity contribution in [2.45, 2.75) is 45.7 Å². The minimum absolute atomic E-state index is 0.0985. The van der Waals surface area contributed by atoms with Crippen LogP contribution in [0.5, 0.6) is 0 Å². The van der Waals surface area contributed by atoms with Gasteiger partial charge in [-0.15, -0.1) is 21.5 Å². The van der Waals surface area contributed by atoms with Gasteiger partial charge in [-0.3, -0.25) is 9.69 Å². The number of aryl methyl sites for hydroxylation is 2. The van der Waals surface area contributed by atoms with Crippen LogP contribution in [-0.4, -0.2) is 62.1 Å². The molecule has 0 bridgehead atoms. The molecule has 4 rings (SSSR count). The molecule has 2 aromatic heterocycles. The Kier molecular flexibility index (Phi) is 4.33. The smallest absolute Gasteiger partial charge is 0.265 e. The van der Waals surface area contributed by atoms with E-state index in [2.05, 4.69) is 31.7 Å². The Bertz CT molecular complexity index is 797. The van der Waals surface area contributed by atoms with Crippen LogP contribution in [-0.2, 0) is 13.0 Å². The number of carbonyl (C=O) groups excluding carboxylic acids is 1. The zero-order valence-corrected chi connectivity index (χ0v) is 15.8. The third kappa shape index (κ3) is 2.97. The van der Waals surface area contributed by atoms with E-state index in [1.807, 2.05) is 18.7 Å². The minimum Gasteiger partial charge on any atom is -0.336 e. The van der Waals surface area contributed by atoms with E-state index in [1.54, 1.807) is 0 Å². The highest BCUT2D eigenvalue weighted by atomic mass is 32.1. The van der Waals surface area contributed by atoms with E-state index in [1.165, 1.54) is 17.8 Å². The van der Waals surface area contributed by atoms with E-state index >= 15 is 0 Å². The number of hydrogen-bond acceptors (Lipinski definition) is 6. The van der Waals surface area contributed by atoms with E-state index in [0.717, 1.165) is 53.2 Å². The van der Waals surface area contributed by atoms with Crippen LogP contribution in [0.15, 0.2) is 0 Å². The van der Waals surface area contributed by atoms with Gasteiger partial charge in [-0.1, -0.05) is 0 Å². The van der Waals surface area contributed by atoms with Crippen molar-refractivity contribution in [3.8, 4) is 0 Å². The third-order valence-corrected chi connectivity index (χ3v) is 6.32. The molecular formula is C17H24N6OS. The highest BCUT2D eigenvalue weighted by molar-refractivity contribution is 7.13. The second-order valence-electron chi connectivity index (χ2n) is 6.95. The second-order valence-corrected chi connectivity index (χ2v) is 8.16. The Balaban J connectivity index is 1.53. The van der Waals surface area contributed by atoms with E-state index < -0.39 is 0 Å². The fourth-order valence-electron chi connectivity index (χ4n) is 3.90. The average Bonchev–Trinajstić information content (AvgIpc) is 3.22. The topological polar surface area (TPSA) is 67.2 Å². The Hall–Kier alpha value is -1.80. The van der Waals surface area contributed by atoms with Gasteiger partial charge < -0.3 is 9.47 Å². The molecule has 0 unspecified atom stereocenters. The molecule has 1 saturated heterocycles. The van der Waals surface area contributed by atoms with Crippen LogP contribution < -0.4 is 0 Å². The molecule has 8 heteroatoms. The van der Waals surface area contributed by atoms with Gasteiger partial charge in [0.1, 0.15) is 16.5 Å². The first-order valence-corrected chi connectivity index (χ1v) is 9.71. The Morgan fingerprint density at radius 1 is 1.16 bits per heavy atom. The maximum Gasteiger partial charge on any atom is 0.265 e. The van der Waals surface area contributed by atoms with Crippen LogP contribution in [0.1, 0.15) is 50.9 Å². The maximum atomic E-state index is 12.9. The van der Waals surface area contributed by atoms with Crippen LogP contribution >= 0.6 is 11.3 Å². The number of fused-ring (bicyclic) bond motifs is 1. The fraction of sp³-hybridized carbons (Fsp3) is 0.647. The van der Waals surface area contributed by atoms with E-state index in [-0.39, 0.29) is 5.91 Å². The first-order valence-electron chi connectivity index (χ1n) is 8.90. The van der Waals surface area contributed by atoms with Crippen molar-refractivity contribution < 1.29 is 4.79 Å². The lowest BCUT2D eigenvalue weighted by molar-refractivity contribution is 0.0762. The van der Waals surface area contributed by atoms with Crippen LogP contribution in [0.4, 0.5) is 0 Å². The molecule has 4 heterocycles. The van der Waals surface area contributed by atoms with Gasteiger partial charge in [-0.2, -0.15) is 0 Å². The van der Waals surface area contributed by atoms with E-state index in [0.29, 0.717) is 19.1 Å². The number of aromatic nitrogens is 4. The summed E-state index contributed by atoms with van der Waals surface area (Å²) in [5.74, 6) is 2.17. The molecule has 2 aliphatic rings. The number of rotatable bonds is 2. The first kappa shape index (κ1) is 16.7. The lowest BCUT2D eigenvalue weighted by Gasteiger charge is -2.21. The summed E-state index contributed by atoms with van der Waals surface area (Å²) in [5.41, 5.74) is 0.837. The molecule has 1 atom stereocenters. The Morgan fingerprint density at radius 2 is 2.00 bits per heavy atom. The highest BCUT2D eigenvalue weighted by Gasteiger charge is 2.31. The number of carbonyl (C=O) groups is 1. The second kappa shape index (κ2) is 6.49. The van der Waals surface area contributed by atoms with Gasteiger partial charge in [0.25, 0.3) is 5.91 Å². The van der Waals surface area contributed by atoms with Crippen LogP contribution in [0.2, 0.25) is 0 Å². The van der Waals surface area contributed by atoms with Crippen molar-refractivity contribution in [3.05, 3.63) is 27.2 Å². The normalized spacial score (nSPS) is 21.4. The van der Waals surface area contributed by atoms with Crippen LogP contribution in [0.3, 0.4) is 0 Å². The summed E-state index contributed by atoms with van der Waals surface area (Å²) in [6, 6.07) is 0.356. The summed E-state index contributed by atoms with van der Waals surface area (Å²) in [6.07, 6.45) is 3.10. The quantitative estimate of drug-likeness (QED) is 0.817. The summed E-state index contributed by atoms with van der Waals surface area (Å²) in [4.78, 5) is 22.4. The number of amides is 1. The summed E-state index contributed by atoms with van der Waals surface area (Å²) < 4.78 is 2.24. The van der Waals surface area contributed by atoms with Crippen molar-refractivity contribution >= 4 is 17.2 Å². The standard InChI is InChI=1S/C17H24N6OS/c1-11-15(25-12(2)18-11)17(24)22-8-6-14-19-20-16(23(14)10-9-22)13-5-4-7-21(13)3/h13H,4-10H2,1-3H3/t13-/m1/s1. The Labute approximate surface area is 151 Å². The molecule has 25 heavy (non-hydrogen) atoms. The van der Waals surface area contributed by atoms with Gasteiger partial charge >= 0.3 is 0 Å². The summed E-state index contributed by atoms with van der Waals surface area (Å²) in [7, 11) is 2.15. The van der Waals surface area contributed by atoms with E-state index in [9.17, 15) is 4.79 Å². The van der Waals surface area contributed by atoms with Gasteiger partial charge in [-0.05, 0) is 40.3 Å². The van der Waals surface area contributed by atoms with Crippen molar-refractivity contribution in [1.29, 1.82) is 0 Å². The zero-order valence-electron chi connectivity index (χ0n) is 15.0. The third-order valence-electron chi connectivity index (χ3n) is 5.26. The molecule has 7 nitrogen and oxygen atoms in total. The summed E-state index contributed by atoms with van der Waals surface area (Å²) in [6.45, 7) is 7.13. The van der Waals surface area contributed by atoms with Gasteiger partial charge in [0.05, 0.1) is 16.7 Å². The maximum absolute atomic E-state index is 12.9. The molecule has 0 aliphatic carbocycles. The van der Waals surface area contributed by atoms with Gasteiger partial charge in [0.15, 0.2) is 0 Å². The molecule has 134 valence electrons. The van der Waals surface area contributed by atoms with Crippen LogP contribution in [0, 0.1) is 13.8 Å². The van der Waals surface area contributed by atoms with Crippen LogP contribution in [0.25, 0.3) is 0 Å². The summed E-state index contributed by atoms with van der Waals surface area (Å²) >= 11 is 1.49. The average molecular weight is 360 g/mol. The molecule has 2 aromatic rings. The molecular weight excluding hydrogens is 336 g/mol. The highest BCUT2D eigenvalue weighted by Crippen LogP contribution is 2.30. The van der Waals surface area contributed by atoms with E-state index in [4.69, 9.17) is 0 Å².